The highest BCUT2D eigenvalue weighted by atomic mass is 16.4. The Morgan fingerprint density at radius 3 is 2.19 bits per heavy atom. The van der Waals surface area contributed by atoms with Crippen LogP contribution in [-0.2, 0) is 36.8 Å². The molecule has 6 N–H and O–H groups in total. The molecule has 0 spiro atoms. The number of likely N-dealkylation sites (tertiary alicyclic amines) is 1. The van der Waals surface area contributed by atoms with Gasteiger partial charge in [0.05, 0.1) is 11.0 Å². The predicted octanol–water partition coefficient (Wildman–Crippen LogP) is 2.43. The van der Waals surface area contributed by atoms with Gasteiger partial charge < -0.3 is 31.1 Å². The summed E-state index contributed by atoms with van der Waals surface area (Å²) in [5, 5.41) is 22.9. The summed E-state index contributed by atoms with van der Waals surface area (Å²) < 4.78 is 0. The summed E-state index contributed by atoms with van der Waals surface area (Å²) >= 11 is 0. The van der Waals surface area contributed by atoms with Crippen LogP contribution in [0.3, 0.4) is 0 Å². The number of aromatic nitrogens is 1. The van der Waals surface area contributed by atoms with E-state index in [-0.39, 0.29) is 18.4 Å². The maximum atomic E-state index is 14.2. The second-order valence-corrected chi connectivity index (χ2v) is 12.8. The predicted molar refractivity (Wildman–Crippen MR) is 181 cm³/mol. The van der Waals surface area contributed by atoms with E-state index in [1.165, 1.54) is 0 Å². The van der Waals surface area contributed by atoms with Crippen LogP contribution < -0.4 is 11.1 Å². The zero-order chi connectivity index (χ0) is 35.6. The molecule has 1 saturated heterocycles. The molecule has 4 rings (SSSR count). The van der Waals surface area contributed by atoms with Gasteiger partial charge in [0, 0.05) is 69.9 Å². The number of nitrogens with two attached hydrogens (primary N) is 1. The van der Waals surface area contributed by atoms with E-state index in [1.54, 1.807) is 35.8 Å². The first-order chi connectivity index (χ1) is 22.5. The van der Waals surface area contributed by atoms with E-state index in [2.05, 4.69) is 10.3 Å². The molecule has 13 nitrogen and oxygen atoms in total. The summed E-state index contributed by atoms with van der Waals surface area (Å²) in [6.45, 7) is 4.03. The number of nitrogens with one attached hydrogen (secondary N) is 2. The minimum absolute atomic E-state index is 0.0286. The van der Waals surface area contributed by atoms with E-state index in [1.807, 2.05) is 74.9 Å². The van der Waals surface area contributed by atoms with Gasteiger partial charge in [0.2, 0.25) is 17.7 Å². The summed E-state index contributed by atoms with van der Waals surface area (Å²) in [6, 6.07) is 17.0. The third kappa shape index (κ3) is 9.99. The van der Waals surface area contributed by atoms with Crippen LogP contribution in [0, 0.1) is 5.41 Å². The molecule has 2 aromatic carbocycles. The minimum Gasteiger partial charge on any atom is -0.478 e. The number of benzene rings is 2. The Labute approximate surface area is 280 Å². The number of hydrogen-bond donors (Lipinski definition) is 5. The molecule has 0 aliphatic carbocycles. The standard InChI is InChI=1S/C31H42N6O3.C4H4O4/c1-30(2,32)28(39)34-26(18-23-20-33-25-15-10-9-14-24(23)25)27(38)37-17-11-16-31(21-37,29(40)36(5)35(3)4)19-22-12-7-6-8-13-22;5-3(6)1-2-4(7)8/h6-10,12-15,20,26,33H,11,16-19,21,32H2,1-5H3,(H,34,39);1-2H,(H,5,6)(H,7,8)/t26-,31-;/m1./s1. The Morgan fingerprint density at radius 2 is 1.60 bits per heavy atom. The van der Waals surface area contributed by atoms with Crippen molar-refractivity contribution in [2.75, 3.05) is 34.2 Å². The van der Waals surface area contributed by atoms with Gasteiger partial charge in [0.15, 0.2) is 0 Å². The number of carbonyl (C=O) groups is 5. The molecular formula is C35H46N6O7. The van der Waals surface area contributed by atoms with Gasteiger partial charge in [0.25, 0.3) is 0 Å². The van der Waals surface area contributed by atoms with Crippen LogP contribution in [-0.4, -0.2) is 106 Å². The first-order valence-corrected chi connectivity index (χ1v) is 15.6. The van der Waals surface area contributed by atoms with Gasteiger partial charge in [-0.1, -0.05) is 48.5 Å². The van der Waals surface area contributed by atoms with E-state index >= 15 is 0 Å². The molecule has 3 amide bonds. The molecular weight excluding hydrogens is 616 g/mol. The van der Waals surface area contributed by atoms with E-state index < -0.39 is 34.8 Å². The zero-order valence-electron chi connectivity index (χ0n) is 28.1. The van der Waals surface area contributed by atoms with Crippen molar-refractivity contribution in [1.29, 1.82) is 0 Å². The number of amides is 3. The Bertz CT molecular complexity index is 1610. The molecule has 13 heteroatoms. The molecule has 3 aromatic rings. The Hall–Kier alpha value is -5.01. The van der Waals surface area contributed by atoms with E-state index in [0.717, 1.165) is 22.0 Å². The number of carboxylic acids is 2. The van der Waals surface area contributed by atoms with Gasteiger partial charge in [-0.15, -0.1) is 0 Å². The topological polar surface area (TPSA) is 189 Å². The van der Waals surface area contributed by atoms with Crippen molar-refractivity contribution in [3.05, 3.63) is 84.1 Å². The lowest BCUT2D eigenvalue weighted by atomic mass is 9.74. The number of hydrazine groups is 1. The Morgan fingerprint density at radius 1 is 1.00 bits per heavy atom. The molecule has 1 fully saturated rings. The molecule has 0 radical (unpaired) electrons. The molecule has 1 aliphatic rings. The number of hydrogen-bond acceptors (Lipinski definition) is 7. The fraction of sp³-hybridized carbons (Fsp3) is 0.400. The molecule has 258 valence electrons. The molecule has 0 unspecified atom stereocenters. The van der Waals surface area contributed by atoms with Crippen molar-refractivity contribution in [3.63, 3.8) is 0 Å². The Kier molecular flexibility index (Phi) is 12.6. The van der Waals surface area contributed by atoms with Crippen LogP contribution in [0.15, 0.2) is 72.9 Å². The van der Waals surface area contributed by atoms with Crippen LogP contribution in [0.1, 0.15) is 37.8 Å². The monoisotopic (exact) mass is 662 g/mol. The highest BCUT2D eigenvalue weighted by Gasteiger charge is 2.46. The normalized spacial score (nSPS) is 17.0. The van der Waals surface area contributed by atoms with Gasteiger partial charge in [-0.2, -0.15) is 0 Å². The maximum absolute atomic E-state index is 14.2. The van der Waals surface area contributed by atoms with Crippen molar-refractivity contribution in [2.24, 2.45) is 11.1 Å². The number of nitrogens with zero attached hydrogens (tertiary/aromatic N) is 3. The average molecular weight is 663 g/mol. The first kappa shape index (κ1) is 37.4. The SMILES string of the molecule is CN(C)N(C)C(=O)[C@@]1(Cc2ccccc2)CCCN(C(=O)[C@@H](Cc2c[nH]c3ccccc23)NC(=O)C(C)(C)N)C1.O=C(O)C=CC(=O)O. The van der Waals surface area contributed by atoms with Gasteiger partial charge in [0.1, 0.15) is 6.04 Å². The largest absolute Gasteiger partial charge is 0.478 e. The van der Waals surface area contributed by atoms with E-state index in [4.69, 9.17) is 15.9 Å². The number of para-hydroxylation sites is 1. The van der Waals surface area contributed by atoms with Crippen molar-refractivity contribution < 1.29 is 34.2 Å². The van der Waals surface area contributed by atoms with Crippen molar-refractivity contribution in [3.8, 4) is 0 Å². The number of H-pyrrole nitrogens is 1. The number of fused-ring (bicyclic) bond motifs is 1. The van der Waals surface area contributed by atoms with Gasteiger partial charge in [-0.25, -0.2) is 14.6 Å². The molecule has 1 aliphatic heterocycles. The first-order valence-electron chi connectivity index (χ1n) is 15.6. The van der Waals surface area contributed by atoms with Gasteiger partial charge in [-0.05, 0) is 50.3 Å². The summed E-state index contributed by atoms with van der Waals surface area (Å²) in [5.74, 6) is -3.15. The smallest absolute Gasteiger partial charge is 0.328 e. The molecule has 1 aromatic heterocycles. The fourth-order valence-corrected chi connectivity index (χ4v) is 5.65. The highest BCUT2D eigenvalue weighted by Crippen LogP contribution is 2.36. The summed E-state index contributed by atoms with van der Waals surface area (Å²) in [6.07, 6.45) is 5.17. The van der Waals surface area contributed by atoms with Crippen molar-refractivity contribution >= 4 is 40.6 Å². The number of carbonyl (C=O) groups excluding carboxylic acids is 3. The number of piperidine rings is 1. The fourth-order valence-electron chi connectivity index (χ4n) is 5.65. The number of carboxylic acid groups (broad SMARTS) is 2. The zero-order valence-corrected chi connectivity index (χ0v) is 28.1. The van der Waals surface area contributed by atoms with Crippen LogP contribution in [0.2, 0.25) is 0 Å². The van der Waals surface area contributed by atoms with E-state index in [0.29, 0.717) is 44.4 Å². The van der Waals surface area contributed by atoms with Crippen LogP contribution in [0.25, 0.3) is 10.9 Å². The van der Waals surface area contributed by atoms with E-state index in [9.17, 15) is 24.0 Å². The lowest BCUT2D eigenvalue weighted by Gasteiger charge is -2.45. The second kappa shape index (κ2) is 16.2. The summed E-state index contributed by atoms with van der Waals surface area (Å²) in [4.78, 5) is 65.3. The maximum Gasteiger partial charge on any atom is 0.328 e. The van der Waals surface area contributed by atoms with Crippen LogP contribution in [0.5, 0.6) is 0 Å². The van der Waals surface area contributed by atoms with Crippen LogP contribution >= 0.6 is 0 Å². The highest BCUT2D eigenvalue weighted by molar-refractivity contribution is 5.93. The number of aromatic amines is 1. The summed E-state index contributed by atoms with van der Waals surface area (Å²) in [5.41, 5.74) is 7.10. The molecule has 2 heterocycles. The number of aliphatic carboxylic acids is 2. The lowest BCUT2D eigenvalue weighted by molar-refractivity contribution is -0.159. The quantitative estimate of drug-likeness (QED) is 0.152. The molecule has 48 heavy (non-hydrogen) atoms. The van der Waals surface area contributed by atoms with Crippen molar-refractivity contribution in [1.82, 2.24) is 25.2 Å². The average Bonchev–Trinajstić information content (AvgIpc) is 3.45. The third-order valence-corrected chi connectivity index (χ3v) is 8.28. The number of rotatable bonds is 11. The lowest BCUT2D eigenvalue weighted by Crippen LogP contribution is -2.61. The van der Waals surface area contributed by atoms with Gasteiger partial charge >= 0.3 is 11.9 Å². The van der Waals surface area contributed by atoms with Crippen molar-refractivity contribution in [2.45, 2.75) is 51.1 Å². The molecule has 0 bridgehead atoms. The minimum atomic E-state index is -1.26. The Balaban J connectivity index is 0.000000694. The molecule has 0 saturated carbocycles. The molecule has 2 atom stereocenters. The second-order valence-electron chi connectivity index (χ2n) is 12.8. The van der Waals surface area contributed by atoms with Gasteiger partial charge in [-0.3, -0.25) is 19.4 Å². The van der Waals surface area contributed by atoms with Crippen LogP contribution in [0.4, 0.5) is 0 Å². The summed E-state index contributed by atoms with van der Waals surface area (Å²) in [7, 11) is 5.43. The third-order valence-electron chi connectivity index (χ3n) is 8.28.